The Morgan fingerprint density at radius 2 is 2.21 bits per heavy atom. The number of hydrogen-bond donors (Lipinski definition) is 2. The maximum Gasteiger partial charge on any atom is 0.252 e. The van der Waals surface area contributed by atoms with Gasteiger partial charge >= 0.3 is 0 Å². The van der Waals surface area contributed by atoms with Gasteiger partial charge in [-0.1, -0.05) is 0 Å². The van der Waals surface area contributed by atoms with E-state index in [4.69, 9.17) is 0 Å². The van der Waals surface area contributed by atoms with Gasteiger partial charge in [-0.25, -0.2) is 4.39 Å². The molecule has 0 saturated carbocycles. The maximum atomic E-state index is 13.4. The van der Waals surface area contributed by atoms with Gasteiger partial charge in [-0.2, -0.15) is 0 Å². The molecule has 1 heterocycles. The molecule has 1 unspecified atom stereocenters. The summed E-state index contributed by atoms with van der Waals surface area (Å²) in [7, 11) is 0. The van der Waals surface area contributed by atoms with Crippen LogP contribution in [-0.4, -0.2) is 24.4 Å². The van der Waals surface area contributed by atoms with Crippen molar-refractivity contribution in [3.63, 3.8) is 0 Å². The summed E-state index contributed by atoms with van der Waals surface area (Å²) in [6, 6.07) is 3.59. The quantitative estimate of drug-likeness (QED) is 0.872. The van der Waals surface area contributed by atoms with Crippen molar-refractivity contribution in [3.05, 3.63) is 34.1 Å². The van der Waals surface area contributed by atoms with Crippen molar-refractivity contribution in [2.45, 2.75) is 25.3 Å². The normalized spacial score (nSPS) is 19.5. The van der Waals surface area contributed by atoms with Gasteiger partial charge in [0.2, 0.25) is 5.91 Å². The Morgan fingerprint density at radius 1 is 1.42 bits per heavy atom. The minimum Gasteiger partial charge on any atom is -0.354 e. The second kappa shape index (κ2) is 6.14. The first-order valence-corrected chi connectivity index (χ1v) is 6.91. The summed E-state index contributed by atoms with van der Waals surface area (Å²) in [5.74, 6) is -1.12. The summed E-state index contributed by atoms with van der Waals surface area (Å²) in [4.78, 5) is 23.7. The zero-order valence-electron chi connectivity index (χ0n) is 10.2. The Morgan fingerprint density at radius 3 is 2.95 bits per heavy atom. The van der Waals surface area contributed by atoms with Gasteiger partial charge in [-0.05, 0) is 53.4 Å². The second-order valence-corrected chi connectivity index (χ2v) is 5.30. The molecule has 0 aliphatic carbocycles. The van der Waals surface area contributed by atoms with Gasteiger partial charge < -0.3 is 10.6 Å². The van der Waals surface area contributed by atoms with E-state index in [9.17, 15) is 14.0 Å². The number of halogens is 2. The number of benzene rings is 1. The van der Waals surface area contributed by atoms with Gasteiger partial charge in [-0.3, -0.25) is 9.59 Å². The molecule has 0 bridgehead atoms. The summed E-state index contributed by atoms with van der Waals surface area (Å²) in [5, 5.41) is 5.38. The first-order chi connectivity index (χ1) is 9.08. The van der Waals surface area contributed by atoms with Crippen LogP contribution >= 0.6 is 15.9 Å². The molecule has 0 spiro atoms. The highest BCUT2D eigenvalue weighted by molar-refractivity contribution is 9.10. The molecule has 1 aromatic rings. The molecule has 0 radical (unpaired) electrons. The molecule has 1 atom stereocenters. The minimum absolute atomic E-state index is 0.177. The number of amides is 2. The van der Waals surface area contributed by atoms with Gasteiger partial charge in [0.05, 0.1) is 4.47 Å². The highest BCUT2D eigenvalue weighted by Gasteiger charge is 2.23. The fourth-order valence-electron chi connectivity index (χ4n) is 1.96. The van der Waals surface area contributed by atoms with Crippen molar-refractivity contribution in [3.8, 4) is 0 Å². The molecule has 2 N–H and O–H groups in total. The first kappa shape index (κ1) is 14.0. The zero-order valence-corrected chi connectivity index (χ0v) is 11.8. The predicted molar refractivity (Wildman–Crippen MR) is 72.2 cm³/mol. The topological polar surface area (TPSA) is 58.2 Å². The van der Waals surface area contributed by atoms with Crippen molar-refractivity contribution < 1.29 is 14.0 Å². The van der Waals surface area contributed by atoms with Crippen molar-refractivity contribution in [2.75, 3.05) is 6.54 Å². The van der Waals surface area contributed by atoms with E-state index < -0.39 is 17.8 Å². The van der Waals surface area contributed by atoms with Crippen molar-refractivity contribution in [2.24, 2.45) is 0 Å². The van der Waals surface area contributed by atoms with Crippen LogP contribution in [0.5, 0.6) is 0 Å². The molecule has 1 fully saturated rings. The van der Waals surface area contributed by atoms with Crippen LogP contribution in [0.3, 0.4) is 0 Å². The molecule has 4 nitrogen and oxygen atoms in total. The number of hydrogen-bond acceptors (Lipinski definition) is 2. The third kappa shape index (κ3) is 3.53. The maximum absolute atomic E-state index is 13.4. The van der Waals surface area contributed by atoms with Crippen LogP contribution in [0.1, 0.15) is 29.6 Å². The van der Waals surface area contributed by atoms with Crippen molar-refractivity contribution >= 4 is 27.7 Å². The fraction of sp³-hybridized carbons (Fsp3) is 0.385. The molecular weight excluding hydrogens is 315 g/mol. The summed E-state index contributed by atoms with van der Waals surface area (Å²) in [6.07, 6.45) is 2.39. The first-order valence-electron chi connectivity index (χ1n) is 6.11. The Hall–Kier alpha value is -1.43. The molecule has 0 aromatic heterocycles. The van der Waals surface area contributed by atoms with Crippen LogP contribution in [-0.2, 0) is 4.79 Å². The lowest BCUT2D eigenvalue weighted by molar-refractivity contribution is -0.122. The van der Waals surface area contributed by atoms with Gasteiger partial charge in [0.15, 0.2) is 0 Å². The van der Waals surface area contributed by atoms with E-state index in [1.54, 1.807) is 0 Å². The summed E-state index contributed by atoms with van der Waals surface area (Å²) < 4.78 is 13.7. The van der Waals surface area contributed by atoms with Crippen LogP contribution in [0.4, 0.5) is 4.39 Å². The molecular formula is C13H14BrFN2O2. The SMILES string of the molecule is O=C(NC1CCCCNC1=O)c1ccc(Br)c(F)c1. The molecule has 1 saturated heterocycles. The number of carbonyl (C=O) groups excluding carboxylic acids is 2. The van der Waals surface area contributed by atoms with Gasteiger partial charge in [0, 0.05) is 12.1 Å². The molecule has 1 aromatic carbocycles. The predicted octanol–water partition coefficient (Wildman–Crippen LogP) is 1.99. The lowest BCUT2D eigenvalue weighted by Gasteiger charge is -2.15. The van der Waals surface area contributed by atoms with E-state index in [0.717, 1.165) is 18.9 Å². The van der Waals surface area contributed by atoms with Crippen molar-refractivity contribution in [1.29, 1.82) is 0 Å². The summed E-state index contributed by atoms with van der Waals surface area (Å²) in [5.41, 5.74) is 0.206. The van der Waals surface area contributed by atoms with Gasteiger partial charge in [-0.15, -0.1) is 0 Å². The van der Waals surface area contributed by atoms with Gasteiger partial charge in [0.1, 0.15) is 11.9 Å². The third-order valence-corrected chi connectivity index (χ3v) is 3.67. The molecule has 19 heavy (non-hydrogen) atoms. The van der Waals surface area contributed by atoms with E-state index >= 15 is 0 Å². The van der Waals surface area contributed by atoms with Crippen molar-refractivity contribution in [1.82, 2.24) is 10.6 Å². The highest BCUT2D eigenvalue weighted by Crippen LogP contribution is 2.16. The Kier molecular flexibility index (Phi) is 4.52. The highest BCUT2D eigenvalue weighted by atomic mass is 79.9. The van der Waals surface area contributed by atoms with Crippen LogP contribution in [0.25, 0.3) is 0 Å². The monoisotopic (exact) mass is 328 g/mol. The molecule has 2 rings (SSSR count). The van der Waals surface area contributed by atoms with E-state index in [0.29, 0.717) is 17.4 Å². The fourth-order valence-corrected chi connectivity index (χ4v) is 2.20. The number of rotatable bonds is 2. The number of carbonyl (C=O) groups is 2. The Labute approximate surface area is 118 Å². The Balaban J connectivity index is 2.07. The smallest absolute Gasteiger partial charge is 0.252 e. The lowest BCUT2D eigenvalue weighted by Crippen LogP contribution is -2.45. The zero-order chi connectivity index (χ0) is 13.8. The average molecular weight is 329 g/mol. The standard InChI is InChI=1S/C13H14BrFN2O2/c14-9-5-4-8(7-10(9)15)12(18)17-11-3-1-2-6-16-13(11)19/h4-5,7,11H,1-3,6H2,(H,16,19)(H,17,18). The van der Waals surface area contributed by atoms with E-state index in [1.165, 1.54) is 12.1 Å². The van der Waals surface area contributed by atoms with E-state index in [-0.39, 0.29) is 11.5 Å². The van der Waals surface area contributed by atoms with Crippen LogP contribution in [0.15, 0.2) is 22.7 Å². The minimum atomic E-state index is -0.540. The molecule has 1 aliphatic rings. The van der Waals surface area contributed by atoms with Crippen LogP contribution in [0, 0.1) is 5.82 Å². The largest absolute Gasteiger partial charge is 0.354 e. The second-order valence-electron chi connectivity index (χ2n) is 4.44. The molecule has 102 valence electrons. The van der Waals surface area contributed by atoms with E-state index in [1.807, 2.05) is 0 Å². The average Bonchev–Trinajstić information content (AvgIpc) is 2.58. The van der Waals surface area contributed by atoms with E-state index in [2.05, 4.69) is 26.6 Å². The molecule has 6 heteroatoms. The molecule has 2 amide bonds. The third-order valence-electron chi connectivity index (χ3n) is 3.02. The number of nitrogens with one attached hydrogen (secondary N) is 2. The summed E-state index contributed by atoms with van der Waals surface area (Å²) >= 11 is 3.03. The molecule has 1 aliphatic heterocycles. The van der Waals surface area contributed by atoms with Crippen LogP contribution in [0.2, 0.25) is 0 Å². The summed E-state index contributed by atoms with van der Waals surface area (Å²) in [6.45, 7) is 0.637. The lowest BCUT2D eigenvalue weighted by atomic mass is 10.1. The Bertz CT molecular complexity index is 507. The van der Waals surface area contributed by atoms with Gasteiger partial charge in [0.25, 0.3) is 5.91 Å². The van der Waals surface area contributed by atoms with Crippen LogP contribution < -0.4 is 10.6 Å².